The van der Waals surface area contributed by atoms with Gasteiger partial charge in [-0.15, -0.1) is 6.42 Å². The summed E-state index contributed by atoms with van der Waals surface area (Å²) in [6.07, 6.45) is 23.1. The molecule has 0 saturated heterocycles. The lowest BCUT2D eigenvalue weighted by molar-refractivity contribution is 0.0978. The van der Waals surface area contributed by atoms with E-state index in [2.05, 4.69) is 70.7 Å². The first kappa shape index (κ1) is 75.2. The van der Waals surface area contributed by atoms with Crippen molar-refractivity contribution in [3.05, 3.63) is 304 Å². The molecule has 0 radical (unpaired) electrons. The topological polar surface area (TPSA) is 273 Å². The zero-order chi connectivity index (χ0) is 73.9. The number of carbonyl (C=O) groups is 4. The van der Waals surface area contributed by atoms with Gasteiger partial charge < -0.3 is 18.9 Å². The summed E-state index contributed by atoms with van der Waals surface area (Å²) < 4.78 is 49.4. The van der Waals surface area contributed by atoms with E-state index in [-0.39, 0.29) is 66.0 Å². The fourth-order valence-corrected chi connectivity index (χ4v) is 9.77. The van der Waals surface area contributed by atoms with Crippen LogP contribution in [0.2, 0.25) is 0 Å². The van der Waals surface area contributed by atoms with Gasteiger partial charge in [0.1, 0.15) is 81.0 Å². The van der Waals surface area contributed by atoms with Crippen LogP contribution in [0.1, 0.15) is 143 Å². The first-order valence-electron chi connectivity index (χ1n) is 33.2. The van der Waals surface area contributed by atoms with Gasteiger partial charge in [-0.05, 0) is 114 Å². The molecule has 0 aliphatic heterocycles. The number of Topliss-reactive ketones (excluding diaryl/α,β-unsaturated/α-hetero) is 4. The average molecular weight is 1390 g/mol. The SMILES string of the molecule is C#Cc1ccc(CC(=O)c2cc(Oc3cncc(F)c3)cc(CC)n2)nc1.CCc1cc(Oc2cccnc2)cc(C(=O)Cc2ccc(C)c(C)n2)n1.CCc1cc(Oc2cncc(F)c2)cc(C(=O)Cc2cccc(C)n2)n1.CCc1cc(Oc2cncnc2)cc(C(=O)Cc2cccc(C)n2)n1. The van der Waals surface area contributed by atoms with E-state index in [1.54, 1.807) is 79.5 Å². The second kappa shape index (κ2) is 37.5. The molecule has 0 aliphatic rings. The van der Waals surface area contributed by atoms with Gasteiger partial charge in [0.05, 0.1) is 69.1 Å². The van der Waals surface area contributed by atoms with Crippen LogP contribution in [0.3, 0.4) is 0 Å². The predicted molar refractivity (Wildman–Crippen MR) is 385 cm³/mol. The highest BCUT2D eigenvalue weighted by Gasteiger charge is 2.19. The van der Waals surface area contributed by atoms with Crippen molar-refractivity contribution in [2.24, 2.45) is 0 Å². The summed E-state index contributed by atoms with van der Waals surface area (Å²) in [5.41, 5.74) is 11.5. The summed E-state index contributed by atoms with van der Waals surface area (Å²) in [5.74, 6) is 4.54. The van der Waals surface area contributed by atoms with Gasteiger partial charge in [0.25, 0.3) is 0 Å². The molecule has 524 valence electrons. The maximum Gasteiger partial charge on any atom is 0.187 e. The van der Waals surface area contributed by atoms with Crippen LogP contribution in [0.4, 0.5) is 8.78 Å². The number of ketones is 4. The number of aromatic nitrogens is 13. The van der Waals surface area contributed by atoms with Crippen molar-refractivity contribution in [3.63, 3.8) is 0 Å². The minimum atomic E-state index is -0.505. The van der Waals surface area contributed by atoms with Gasteiger partial charge in [0.15, 0.2) is 28.9 Å². The molecule has 23 heteroatoms. The van der Waals surface area contributed by atoms with Gasteiger partial charge in [-0.2, -0.15) is 0 Å². The molecule has 104 heavy (non-hydrogen) atoms. The molecule has 0 unspecified atom stereocenters. The molecule has 0 saturated carbocycles. The van der Waals surface area contributed by atoms with E-state index >= 15 is 0 Å². The Labute approximate surface area is 600 Å². The van der Waals surface area contributed by atoms with Crippen molar-refractivity contribution < 1.29 is 46.9 Å². The quantitative estimate of drug-likeness (QED) is 0.0401. The fourth-order valence-electron chi connectivity index (χ4n) is 9.77. The number of ether oxygens (including phenoxy) is 4. The molecule has 21 nitrogen and oxygen atoms in total. The summed E-state index contributed by atoms with van der Waals surface area (Å²) in [4.78, 5) is 105. The molecular formula is C81H73F2N13O8. The van der Waals surface area contributed by atoms with E-state index in [1.165, 1.54) is 36.9 Å². The van der Waals surface area contributed by atoms with E-state index in [9.17, 15) is 28.0 Å². The van der Waals surface area contributed by atoms with E-state index in [4.69, 9.17) is 25.4 Å². The van der Waals surface area contributed by atoms with Crippen LogP contribution in [0.25, 0.3) is 0 Å². The Morgan fingerprint density at radius 1 is 0.365 bits per heavy atom. The van der Waals surface area contributed by atoms with Crippen LogP contribution in [-0.2, 0) is 51.4 Å². The highest BCUT2D eigenvalue weighted by Crippen LogP contribution is 2.28. The maximum atomic E-state index is 13.3. The van der Waals surface area contributed by atoms with Crippen molar-refractivity contribution in [3.8, 4) is 58.3 Å². The number of pyridine rings is 11. The number of nitrogens with zero attached hydrogens (tertiary/aromatic N) is 13. The Morgan fingerprint density at radius 2 is 0.760 bits per heavy atom. The lowest BCUT2D eigenvalue weighted by Crippen LogP contribution is -2.09. The molecular weight excluding hydrogens is 1320 g/mol. The van der Waals surface area contributed by atoms with Gasteiger partial charge in [0, 0.05) is 141 Å². The van der Waals surface area contributed by atoms with Crippen LogP contribution in [0, 0.1) is 51.7 Å². The predicted octanol–water partition coefficient (Wildman–Crippen LogP) is 15.5. The molecule has 0 fully saturated rings. The van der Waals surface area contributed by atoms with Crippen LogP contribution in [0.15, 0.2) is 196 Å². The van der Waals surface area contributed by atoms with E-state index in [0.717, 1.165) is 57.8 Å². The number of hydrogen-bond donors (Lipinski definition) is 0. The molecule has 12 rings (SSSR count). The Hall–Kier alpha value is -13.0. The summed E-state index contributed by atoms with van der Waals surface area (Å²) in [6.45, 7) is 15.6. The van der Waals surface area contributed by atoms with Gasteiger partial charge in [-0.1, -0.05) is 51.8 Å². The Balaban J connectivity index is 0.000000161. The normalized spacial score (nSPS) is 10.5. The molecule has 0 N–H and O–H groups in total. The zero-order valence-corrected chi connectivity index (χ0v) is 58.5. The molecule has 0 atom stereocenters. The van der Waals surface area contributed by atoms with Crippen molar-refractivity contribution in [1.82, 2.24) is 64.8 Å². The Kier molecular flexibility index (Phi) is 27.1. The Morgan fingerprint density at radius 3 is 1.13 bits per heavy atom. The van der Waals surface area contributed by atoms with Crippen LogP contribution in [0.5, 0.6) is 46.0 Å². The number of rotatable bonds is 24. The third-order valence-electron chi connectivity index (χ3n) is 15.1. The van der Waals surface area contributed by atoms with Crippen LogP contribution in [-0.4, -0.2) is 87.9 Å². The van der Waals surface area contributed by atoms with Crippen LogP contribution < -0.4 is 18.9 Å². The van der Waals surface area contributed by atoms with E-state index < -0.39 is 11.6 Å². The van der Waals surface area contributed by atoms with Crippen molar-refractivity contribution in [2.45, 2.75) is 107 Å². The third kappa shape index (κ3) is 23.3. The Bertz CT molecular complexity index is 5010. The molecule has 0 aliphatic carbocycles. The summed E-state index contributed by atoms with van der Waals surface area (Å²) in [5, 5.41) is 0. The summed E-state index contributed by atoms with van der Waals surface area (Å²) in [7, 11) is 0. The number of terminal acetylenes is 1. The molecule has 0 amide bonds. The van der Waals surface area contributed by atoms with Gasteiger partial charge in [-0.25, -0.2) is 38.7 Å². The number of halogens is 2. The summed E-state index contributed by atoms with van der Waals surface area (Å²) in [6, 6.07) is 38.1. The van der Waals surface area contributed by atoms with Crippen molar-refractivity contribution in [1.29, 1.82) is 0 Å². The molecule has 0 spiro atoms. The second-order valence-electron chi connectivity index (χ2n) is 23.3. The van der Waals surface area contributed by atoms with Gasteiger partial charge in [0.2, 0.25) is 0 Å². The highest BCUT2D eigenvalue weighted by atomic mass is 19.1. The third-order valence-corrected chi connectivity index (χ3v) is 15.1. The highest BCUT2D eigenvalue weighted by molar-refractivity contribution is 5.97. The van der Waals surface area contributed by atoms with Crippen molar-refractivity contribution in [2.75, 3.05) is 0 Å². The smallest absolute Gasteiger partial charge is 0.187 e. The first-order valence-corrected chi connectivity index (χ1v) is 33.2. The number of aryl methyl sites for hydroxylation is 8. The molecule has 12 heterocycles. The first-order chi connectivity index (χ1) is 50.3. The monoisotopic (exact) mass is 1390 g/mol. The second-order valence-corrected chi connectivity index (χ2v) is 23.3. The largest absolute Gasteiger partial charge is 0.456 e. The van der Waals surface area contributed by atoms with Crippen LogP contribution >= 0.6 is 0 Å². The average Bonchev–Trinajstić information content (AvgIpc) is 0.855. The number of carbonyl (C=O) groups excluding carboxylic acids is 4. The van der Waals surface area contributed by atoms with E-state index in [0.29, 0.717) is 106 Å². The minimum Gasteiger partial charge on any atom is -0.456 e. The molecule has 0 bridgehead atoms. The molecule has 0 aromatic carbocycles. The standard InChI is InChI=1S/C21H16FN3O2.C21H21N3O2.C20H18FN3O2.C19H18N4O2/c1-3-14-5-6-17(24-11-14)9-21(26)20-10-18(8-16(4-2)25-20)27-19-7-15(22)12-23-13-19;1-4-16-10-19(26-18-6-5-9-22-13-18)12-20(24-16)21(25)11-17-8-7-14(2)15(3)23-17;1-3-15-8-17(26-18-7-14(21)11-22-12-18)10-19(24-15)20(25)9-16-6-4-5-13(2)23-16;1-3-14-7-16(25-17-10-20-12-21-11-17)9-18(23-14)19(24)8-15-6-4-5-13(2)22-15/h1,5-8,10-13H,4,9H2,2H3;5-10,12-13H,4,11H2,1-3H3;4-8,10-12H,3,9H2,1-2H3;4-7,9-12H,3,8H2,1-2H3. The number of hydrogen-bond acceptors (Lipinski definition) is 21. The lowest BCUT2D eigenvalue weighted by Gasteiger charge is -2.09. The lowest BCUT2D eigenvalue weighted by atomic mass is 10.1. The zero-order valence-electron chi connectivity index (χ0n) is 58.5. The maximum absolute atomic E-state index is 13.3. The van der Waals surface area contributed by atoms with E-state index in [1.807, 2.05) is 122 Å². The summed E-state index contributed by atoms with van der Waals surface area (Å²) >= 11 is 0. The molecule has 12 aromatic rings. The van der Waals surface area contributed by atoms with Gasteiger partial charge >= 0.3 is 0 Å². The minimum absolute atomic E-state index is 0.0768. The van der Waals surface area contributed by atoms with Gasteiger partial charge in [-0.3, -0.25) is 54.1 Å². The van der Waals surface area contributed by atoms with Crippen molar-refractivity contribution >= 4 is 23.1 Å². The fraction of sp³-hybridized carbons (Fsp3) is 0.198. The molecule has 12 aromatic heterocycles.